The summed E-state index contributed by atoms with van der Waals surface area (Å²) in [5.74, 6) is 0.930. The number of aryl methyl sites for hydroxylation is 2. The van der Waals surface area contributed by atoms with Gasteiger partial charge in [0.05, 0.1) is 7.11 Å². The van der Waals surface area contributed by atoms with E-state index in [4.69, 9.17) is 4.74 Å². The monoisotopic (exact) mass is 239 g/mol. The molecule has 2 aromatic rings. The van der Waals surface area contributed by atoms with Crippen LogP contribution in [0.5, 0.6) is 5.75 Å². The zero-order chi connectivity index (χ0) is 12.6. The summed E-state index contributed by atoms with van der Waals surface area (Å²) in [5.41, 5.74) is 2.79. The van der Waals surface area contributed by atoms with Crippen molar-refractivity contribution in [2.75, 3.05) is 7.11 Å². The summed E-state index contributed by atoms with van der Waals surface area (Å²) in [6.07, 6.45) is 4.76. The van der Waals surface area contributed by atoms with Gasteiger partial charge in [-0.1, -0.05) is 36.4 Å². The second kappa shape index (κ2) is 6.85. The quantitative estimate of drug-likeness (QED) is 0.691. The molecule has 0 aliphatic heterocycles. The molecule has 0 spiro atoms. The van der Waals surface area contributed by atoms with Crippen molar-refractivity contribution in [3.63, 3.8) is 0 Å². The van der Waals surface area contributed by atoms with Gasteiger partial charge >= 0.3 is 0 Å². The van der Waals surface area contributed by atoms with Gasteiger partial charge in [-0.25, -0.2) is 0 Å². The molecule has 18 heavy (non-hydrogen) atoms. The molecule has 93 valence electrons. The van der Waals surface area contributed by atoms with E-state index >= 15 is 0 Å². The van der Waals surface area contributed by atoms with Crippen molar-refractivity contribution in [1.29, 1.82) is 0 Å². The molecule has 1 heteroatoms. The highest BCUT2D eigenvalue weighted by Crippen LogP contribution is 2.14. The van der Waals surface area contributed by atoms with Crippen LogP contribution in [0.2, 0.25) is 0 Å². The molecule has 0 amide bonds. The summed E-state index contributed by atoms with van der Waals surface area (Å²) < 4.78 is 5.15. The normalized spacial score (nSPS) is 10.3. The third-order valence-corrected chi connectivity index (χ3v) is 3.13. The molecular formula is C17H19O. The Labute approximate surface area is 109 Å². The summed E-state index contributed by atoms with van der Waals surface area (Å²) >= 11 is 0. The number of methoxy groups -OCH3 is 1. The topological polar surface area (TPSA) is 9.23 Å². The van der Waals surface area contributed by atoms with Crippen molar-refractivity contribution in [2.24, 2.45) is 0 Å². The van der Waals surface area contributed by atoms with Crippen LogP contribution in [-0.4, -0.2) is 7.11 Å². The highest BCUT2D eigenvalue weighted by molar-refractivity contribution is 5.27. The SMILES string of the molecule is COc1ccc(CCCCc2cc[c]cc2)cc1. The molecule has 0 fully saturated rings. The van der Waals surface area contributed by atoms with Crippen LogP contribution in [-0.2, 0) is 12.8 Å². The Kier molecular flexibility index (Phi) is 4.83. The van der Waals surface area contributed by atoms with E-state index in [9.17, 15) is 0 Å². The second-order valence-electron chi connectivity index (χ2n) is 4.46. The molecule has 2 aromatic carbocycles. The lowest BCUT2D eigenvalue weighted by Crippen LogP contribution is -1.90. The predicted molar refractivity (Wildman–Crippen MR) is 74.9 cm³/mol. The molecule has 0 heterocycles. The molecule has 0 aliphatic carbocycles. The van der Waals surface area contributed by atoms with Gasteiger partial charge in [-0.15, -0.1) is 0 Å². The first-order valence-electron chi connectivity index (χ1n) is 6.46. The zero-order valence-electron chi connectivity index (χ0n) is 10.9. The van der Waals surface area contributed by atoms with Gasteiger partial charge in [-0.05, 0) is 55.0 Å². The molecule has 0 aromatic heterocycles. The van der Waals surface area contributed by atoms with Crippen LogP contribution in [0.15, 0.2) is 48.5 Å². The third-order valence-electron chi connectivity index (χ3n) is 3.13. The van der Waals surface area contributed by atoms with E-state index < -0.39 is 0 Å². The number of hydrogen-bond donors (Lipinski definition) is 0. The van der Waals surface area contributed by atoms with Gasteiger partial charge in [0.25, 0.3) is 0 Å². The maximum Gasteiger partial charge on any atom is 0.118 e. The number of unbranched alkanes of at least 4 members (excludes halogenated alkanes) is 1. The van der Waals surface area contributed by atoms with Crippen LogP contribution < -0.4 is 4.74 Å². The van der Waals surface area contributed by atoms with Crippen LogP contribution in [0.3, 0.4) is 0 Å². The lowest BCUT2D eigenvalue weighted by Gasteiger charge is -2.04. The molecular weight excluding hydrogens is 220 g/mol. The van der Waals surface area contributed by atoms with Gasteiger partial charge in [0, 0.05) is 0 Å². The minimum Gasteiger partial charge on any atom is -0.497 e. The fourth-order valence-electron chi connectivity index (χ4n) is 2.04. The van der Waals surface area contributed by atoms with Crippen LogP contribution in [0.4, 0.5) is 0 Å². The van der Waals surface area contributed by atoms with E-state index in [0.29, 0.717) is 0 Å². The maximum absolute atomic E-state index is 5.15. The van der Waals surface area contributed by atoms with Gasteiger partial charge < -0.3 is 4.74 Å². The minimum absolute atomic E-state index is 0.930. The highest BCUT2D eigenvalue weighted by atomic mass is 16.5. The Bertz CT molecular complexity index is 445. The van der Waals surface area contributed by atoms with Gasteiger partial charge in [-0.3, -0.25) is 0 Å². The first-order chi connectivity index (χ1) is 8.88. The standard InChI is InChI=1S/C17H19O/c1-18-17-13-11-16(12-14-17)10-6-5-9-15-7-3-2-4-8-15/h3-4,7-8,11-14H,5-6,9-10H2,1H3. The predicted octanol–water partition coefficient (Wildman–Crippen LogP) is 4.06. The fourth-order valence-corrected chi connectivity index (χ4v) is 2.04. The van der Waals surface area contributed by atoms with Gasteiger partial charge in [-0.2, -0.15) is 0 Å². The zero-order valence-corrected chi connectivity index (χ0v) is 10.9. The van der Waals surface area contributed by atoms with Crippen LogP contribution in [0.1, 0.15) is 24.0 Å². The molecule has 2 rings (SSSR count). The van der Waals surface area contributed by atoms with E-state index in [2.05, 4.69) is 30.3 Å². The second-order valence-corrected chi connectivity index (χ2v) is 4.46. The lowest BCUT2D eigenvalue weighted by atomic mass is 10.0. The van der Waals surface area contributed by atoms with Crippen molar-refractivity contribution in [2.45, 2.75) is 25.7 Å². The summed E-state index contributed by atoms with van der Waals surface area (Å²) in [5, 5.41) is 0. The highest BCUT2D eigenvalue weighted by Gasteiger charge is 1.96. The molecule has 0 saturated carbocycles. The number of rotatable bonds is 6. The van der Waals surface area contributed by atoms with Crippen LogP contribution in [0.25, 0.3) is 0 Å². The van der Waals surface area contributed by atoms with Crippen LogP contribution in [0, 0.1) is 6.07 Å². The summed E-state index contributed by atoms with van der Waals surface area (Å²) in [7, 11) is 1.70. The third kappa shape index (κ3) is 3.92. The Morgan fingerprint density at radius 3 is 1.94 bits per heavy atom. The van der Waals surface area contributed by atoms with E-state index in [1.54, 1.807) is 7.11 Å². The molecule has 0 aliphatic rings. The fraction of sp³-hybridized carbons (Fsp3) is 0.294. The van der Waals surface area contributed by atoms with E-state index in [1.165, 1.54) is 24.0 Å². The molecule has 0 atom stereocenters. The van der Waals surface area contributed by atoms with Crippen molar-refractivity contribution in [1.82, 2.24) is 0 Å². The molecule has 0 N–H and O–H groups in total. The van der Waals surface area contributed by atoms with Crippen LogP contribution >= 0.6 is 0 Å². The molecule has 1 radical (unpaired) electrons. The van der Waals surface area contributed by atoms with E-state index in [0.717, 1.165) is 18.6 Å². The number of benzene rings is 2. The Hall–Kier alpha value is -1.76. The smallest absolute Gasteiger partial charge is 0.118 e. The lowest BCUT2D eigenvalue weighted by molar-refractivity contribution is 0.414. The van der Waals surface area contributed by atoms with Crippen molar-refractivity contribution in [3.8, 4) is 5.75 Å². The molecule has 0 bridgehead atoms. The Morgan fingerprint density at radius 2 is 1.39 bits per heavy atom. The first-order valence-corrected chi connectivity index (χ1v) is 6.46. The molecule has 0 saturated heterocycles. The summed E-state index contributed by atoms with van der Waals surface area (Å²) in [4.78, 5) is 0. The largest absolute Gasteiger partial charge is 0.497 e. The van der Waals surface area contributed by atoms with Crippen molar-refractivity contribution in [3.05, 3.63) is 65.7 Å². The Balaban J connectivity index is 1.72. The summed E-state index contributed by atoms with van der Waals surface area (Å²) in [6, 6.07) is 19.7. The Morgan fingerprint density at radius 1 is 0.833 bits per heavy atom. The number of ether oxygens (including phenoxy) is 1. The maximum atomic E-state index is 5.15. The van der Waals surface area contributed by atoms with E-state index in [1.807, 2.05) is 24.3 Å². The van der Waals surface area contributed by atoms with E-state index in [-0.39, 0.29) is 0 Å². The summed E-state index contributed by atoms with van der Waals surface area (Å²) in [6.45, 7) is 0. The molecule has 1 nitrogen and oxygen atoms in total. The van der Waals surface area contributed by atoms with Gasteiger partial charge in [0.1, 0.15) is 5.75 Å². The molecule has 0 unspecified atom stereocenters. The van der Waals surface area contributed by atoms with Crippen molar-refractivity contribution >= 4 is 0 Å². The average molecular weight is 239 g/mol. The minimum atomic E-state index is 0.930. The number of hydrogen-bond acceptors (Lipinski definition) is 1. The average Bonchev–Trinajstić information content (AvgIpc) is 2.45. The first kappa shape index (κ1) is 12.7. The van der Waals surface area contributed by atoms with Crippen molar-refractivity contribution < 1.29 is 4.74 Å². The van der Waals surface area contributed by atoms with Gasteiger partial charge in [0.15, 0.2) is 0 Å². The van der Waals surface area contributed by atoms with Gasteiger partial charge in [0.2, 0.25) is 0 Å².